The molecule has 0 aliphatic rings. The first kappa shape index (κ1) is 28.6. The van der Waals surface area contributed by atoms with E-state index in [1.165, 1.54) is 44.2 Å². The van der Waals surface area contributed by atoms with Crippen molar-refractivity contribution in [2.75, 3.05) is 7.11 Å². The number of methoxy groups -OCH3 is 1. The molecule has 0 N–H and O–H groups in total. The molecule has 0 fully saturated rings. The zero-order valence-corrected chi connectivity index (χ0v) is 24.0. The maximum Gasteiger partial charge on any atom is 0.333 e. The Kier molecular flexibility index (Phi) is 7.61. The van der Waals surface area contributed by atoms with E-state index in [1.807, 2.05) is 6.07 Å². The quantitative estimate of drug-likeness (QED) is 0.188. The van der Waals surface area contributed by atoms with Crippen molar-refractivity contribution >= 4 is 33.3 Å². The summed E-state index contributed by atoms with van der Waals surface area (Å²) in [5.41, 5.74) is -2.34. The Hall–Kier alpha value is -4.91. The van der Waals surface area contributed by atoms with Crippen molar-refractivity contribution < 1.29 is 23.5 Å². The third kappa shape index (κ3) is 5.02. The fourth-order valence-corrected chi connectivity index (χ4v) is 5.81. The minimum absolute atomic E-state index is 0.0707. The van der Waals surface area contributed by atoms with Crippen LogP contribution in [0, 0.1) is 12.7 Å². The molecular weight excluding hydrogens is 565 g/mol. The molecule has 0 radical (unpaired) electrons. The number of carbonyl (C=O) groups excluding carboxylic acids is 2. The smallest absolute Gasteiger partial charge is 0.333 e. The van der Waals surface area contributed by atoms with Crippen LogP contribution >= 0.6 is 11.3 Å². The Morgan fingerprint density at radius 1 is 1.05 bits per heavy atom. The predicted molar refractivity (Wildman–Crippen MR) is 153 cm³/mol. The number of fused-ring (bicyclic) bond motifs is 1. The number of benzene rings is 2. The van der Waals surface area contributed by atoms with Gasteiger partial charge in [0.1, 0.15) is 33.5 Å². The standard InChI is InChI=1S/C29H26FN5O6S/c1-17-23-24(37)34(29(2,3)27(38)41-16-18-8-6-5-7-9-18)28(39)33(26(23)42-25(17)35-31-12-13-32-35)15-21(36)20-14-19(30)10-11-22(20)40-4/h5-14H,15-16H2,1-4H3. The lowest BCUT2D eigenvalue weighted by molar-refractivity contribution is -0.154. The number of ketones is 1. The minimum Gasteiger partial charge on any atom is -0.496 e. The summed E-state index contributed by atoms with van der Waals surface area (Å²) in [5, 5.41) is 8.83. The van der Waals surface area contributed by atoms with Gasteiger partial charge in [-0.2, -0.15) is 10.2 Å². The van der Waals surface area contributed by atoms with E-state index in [9.17, 15) is 23.6 Å². The SMILES string of the molecule is COc1ccc(F)cc1C(=O)Cn1c(=O)n(C(C)(C)C(=O)OCc2ccccc2)c(=O)c2c(C)c(-n3nccn3)sc21. The summed E-state index contributed by atoms with van der Waals surface area (Å²) in [6, 6.07) is 12.4. The van der Waals surface area contributed by atoms with Gasteiger partial charge in [-0.15, -0.1) is 4.80 Å². The third-order valence-electron chi connectivity index (χ3n) is 6.82. The van der Waals surface area contributed by atoms with Crippen LogP contribution in [-0.4, -0.2) is 43.0 Å². The lowest BCUT2D eigenvalue weighted by atomic mass is 10.0. The lowest BCUT2D eigenvalue weighted by Gasteiger charge is -2.25. The summed E-state index contributed by atoms with van der Waals surface area (Å²) in [6.07, 6.45) is 2.92. The van der Waals surface area contributed by atoms with E-state index in [-0.39, 0.29) is 28.1 Å². The van der Waals surface area contributed by atoms with Gasteiger partial charge in [-0.25, -0.2) is 18.5 Å². The van der Waals surface area contributed by atoms with Crippen molar-refractivity contribution in [1.29, 1.82) is 0 Å². The van der Waals surface area contributed by atoms with E-state index < -0.39 is 40.9 Å². The number of hydrogen-bond acceptors (Lipinski definition) is 9. The van der Waals surface area contributed by atoms with Crippen LogP contribution in [0.5, 0.6) is 5.75 Å². The average molecular weight is 592 g/mol. The number of carbonyl (C=O) groups is 2. The lowest BCUT2D eigenvalue weighted by Crippen LogP contribution is -2.53. The number of thiophene rings is 1. The highest BCUT2D eigenvalue weighted by Gasteiger charge is 2.37. The van der Waals surface area contributed by atoms with E-state index in [1.54, 1.807) is 31.2 Å². The molecule has 3 aromatic heterocycles. The van der Waals surface area contributed by atoms with E-state index in [4.69, 9.17) is 9.47 Å². The molecule has 2 aromatic carbocycles. The summed E-state index contributed by atoms with van der Waals surface area (Å²) in [6.45, 7) is 3.81. The monoisotopic (exact) mass is 591 g/mol. The number of aromatic nitrogens is 5. The van der Waals surface area contributed by atoms with Crippen molar-refractivity contribution in [2.24, 2.45) is 0 Å². The maximum absolute atomic E-state index is 14.1. The fraction of sp³-hybridized carbons (Fsp3) is 0.241. The Morgan fingerprint density at radius 2 is 1.74 bits per heavy atom. The molecule has 0 atom stereocenters. The topological polar surface area (TPSA) is 127 Å². The number of nitrogens with zero attached hydrogens (tertiary/aromatic N) is 5. The first-order valence-corrected chi connectivity index (χ1v) is 13.6. The Balaban J connectivity index is 1.68. The van der Waals surface area contributed by atoms with Crippen LogP contribution in [0.3, 0.4) is 0 Å². The summed E-state index contributed by atoms with van der Waals surface area (Å²) < 4.78 is 26.7. The van der Waals surface area contributed by atoms with Gasteiger partial charge in [-0.3, -0.25) is 14.2 Å². The van der Waals surface area contributed by atoms with Crippen LogP contribution in [0.4, 0.5) is 4.39 Å². The van der Waals surface area contributed by atoms with Crippen LogP contribution in [0.1, 0.15) is 35.3 Å². The molecule has 0 amide bonds. The van der Waals surface area contributed by atoms with Gasteiger partial charge in [-0.1, -0.05) is 41.7 Å². The number of ether oxygens (including phenoxy) is 2. The third-order valence-corrected chi connectivity index (χ3v) is 8.10. The second-order valence-electron chi connectivity index (χ2n) is 9.93. The largest absolute Gasteiger partial charge is 0.496 e. The molecule has 0 spiro atoms. The number of aryl methyl sites for hydroxylation is 1. The fourth-order valence-electron chi connectivity index (χ4n) is 4.60. The van der Waals surface area contributed by atoms with Gasteiger partial charge in [-0.05, 0) is 44.5 Å². The van der Waals surface area contributed by atoms with Crippen molar-refractivity contribution in [2.45, 2.75) is 39.5 Å². The maximum atomic E-state index is 14.1. The minimum atomic E-state index is -1.77. The van der Waals surface area contributed by atoms with Crippen molar-refractivity contribution in [3.8, 4) is 10.8 Å². The predicted octanol–water partition coefficient (Wildman–Crippen LogP) is 3.62. The molecule has 0 bridgehead atoms. The molecule has 0 aliphatic heterocycles. The highest BCUT2D eigenvalue weighted by atomic mass is 32.1. The molecule has 5 aromatic rings. The normalized spacial score (nSPS) is 11.5. The summed E-state index contributed by atoms with van der Waals surface area (Å²) in [5.74, 6) is -2.01. The molecule has 0 unspecified atom stereocenters. The first-order chi connectivity index (χ1) is 20.0. The van der Waals surface area contributed by atoms with Crippen molar-refractivity contribution in [1.82, 2.24) is 24.1 Å². The zero-order valence-electron chi connectivity index (χ0n) is 23.2. The van der Waals surface area contributed by atoms with E-state index >= 15 is 0 Å². The molecule has 0 saturated carbocycles. The number of halogens is 1. The van der Waals surface area contributed by atoms with Gasteiger partial charge in [0.2, 0.25) is 0 Å². The van der Waals surface area contributed by atoms with Crippen LogP contribution in [0.25, 0.3) is 15.2 Å². The summed E-state index contributed by atoms with van der Waals surface area (Å²) in [4.78, 5) is 56.3. The second-order valence-corrected chi connectivity index (χ2v) is 10.9. The molecular formula is C29H26FN5O6S. The van der Waals surface area contributed by atoms with E-state index in [0.717, 1.165) is 38.2 Å². The van der Waals surface area contributed by atoms with E-state index in [0.29, 0.717) is 10.6 Å². The van der Waals surface area contributed by atoms with Crippen LogP contribution < -0.4 is 16.0 Å². The first-order valence-electron chi connectivity index (χ1n) is 12.8. The number of rotatable bonds is 9. The van der Waals surface area contributed by atoms with Crippen molar-refractivity contribution in [3.05, 3.63) is 104 Å². The molecule has 11 nitrogen and oxygen atoms in total. The molecule has 3 heterocycles. The Morgan fingerprint density at radius 3 is 2.40 bits per heavy atom. The van der Waals surface area contributed by atoms with Crippen LogP contribution in [-0.2, 0) is 28.2 Å². The summed E-state index contributed by atoms with van der Waals surface area (Å²) >= 11 is 1.04. The van der Waals surface area contributed by atoms with Crippen LogP contribution in [0.15, 0.2) is 70.5 Å². The summed E-state index contributed by atoms with van der Waals surface area (Å²) in [7, 11) is 1.34. The second kappa shape index (κ2) is 11.2. The molecule has 5 rings (SSSR count). The number of Topliss-reactive ketones (excluding diaryl/α,β-unsaturated/α-hetero) is 1. The Bertz CT molecular complexity index is 1930. The number of hydrogen-bond donors (Lipinski definition) is 0. The zero-order chi connectivity index (χ0) is 30.2. The highest BCUT2D eigenvalue weighted by Crippen LogP contribution is 2.31. The van der Waals surface area contributed by atoms with Gasteiger partial charge in [0.25, 0.3) is 5.56 Å². The van der Waals surface area contributed by atoms with Crippen molar-refractivity contribution in [3.63, 3.8) is 0 Å². The molecule has 42 heavy (non-hydrogen) atoms. The van der Waals surface area contributed by atoms with Gasteiger partial charge in [0, 0.05) is 5.56 Å². The average Bonchev–Trinajstić information content (AvgIpc) is 3.62. The van der Waals surface area contributed by atoms with Crippen LogP contribution in [0.2, 0.25) is 0 Å². The van der Waals surface area contributed by atoms with E-state index in [2.05, 4.69) is 10.2 Å². The molecule has 0 saturated heterocycles. The van der Waals surface area contributed by atoms with Gasteiger partial charge < -0.3 is 9.47 Å². The molecule has 13 heteroatoms. The molecule has 216 valence electrons. The Labute approximate surface area is 242 Å². The number of esters is 1. The highest BCUT2D eigenvalue weighted by molar-refractivity contribution is 7.21. The van der Waals surface area contributed by atoms with Gasteiger partial charge in [0.05, 0.1) is 37.0 Å². The molecule has 0 aliphatic carbocycles. The van der Waals surface area contributed by atoms with Gasteiger partial charge >= 0.3 is 11.7 Å². The van der Waals surface area contributed by atoms with Gasteiger partial charge in [0.15, 0.2) is 5.78 Å².